The summed E-state index contributed by atoms with van der Waals surface area (Å²) in [5.74, 6) is 0.347. The molecule has 0 saturated heterocycles. The van der Waals surface area contributed by atoms with Crippen LogP contribution in [0.1, 0.15) is 21.5 Å². The van der Waals surface area contributed by atoms with E-state index < -0.39 is 22.1 Å². The summed E-state index contributed by atoms with van der Waals surface area (Å²) < 4.78 is 38.5. The molecule has 1 atom stereocenters. The fourth-order valence-electron chi connectivity index (χ4n) is 3.18. The third-order valence-electron chi connectivity index (χ3n) is 4.86. The van der Waals surface area contributed by atoms with Gasteiger partial charge in [-0.3, -0.25) is 9.71 Å². The van der Waals surface area contributed by atoms with Crippen LogP contribution < -0.4 is 9.46 Å². The van der Waals surface area contributed by atoms with Gasteiger partial charge in [0.1, 0.15) is 18.2 Å². The highest BCUT2D eigenvalue weighted by atomic mass is 32.2. The molecular weight excluding hydrogens is 428 g/mol. The molecule has 8 heteroatoms. The van der Waals surface area contributed by atoms with Gasteiger partial charge in [-0.25, -0.2) is 13.2 Å². The van der Waals surface area contributed by atoms with Crippen LogP contribution in [0.25, 0.3) is 0 Å². The molecule has 32 heavy (non-hydrogen) atoms. The SMILES string of the molecule is Cc1ccc(C(=O)OC(CN=C2NS(=O)(=O)c3ccccc32)COc2ccccc2)cc1. The van der Waals surface area contributed by atoms with Gasteiger partial charge in [-0.1, -0.05) is 48.0 Å². The highest BCUT2D eigenvalue weighted by Gasteiger charge is 2.30. The maximum Gasteiger partial charge on any atom is 0.338 e. The lowest BCUT2D eigenvalue weighted by Gasteiger charge is -2.17. The quantitative estimate of drug-likeness (QED) is 0.557. The number of carbonyl (C=O) groups is 1. The van der Waals surface area contributed by atoms with E-state index in [0.29, 0.717) is 16.9 Å². The number of para-hydroxylation sites is 1. The Labute approximate surface area is 186 Å². The second-order valence-corrected chi connectivity index (χ2v) is 8.96. The molecule has 0 fully saturated rings. The van der Waals surface area contributed by atoms with Gasteiger partial charge >= 0.3 is 5.97 Å². The van der Waals surface area contributed by atoms with E-state index in [4.69, 9.17) is 9.47 Å². The van der Waals surface area contributed by atoms with Gasteiger partial charge in [0.25, 0.3) is 10.0 Å². The van der Waals surface area contributed by atoms with Crippen molar-refractivity contribution in [3.63, 3.8) is 0 Å². The molecule has 1 N–H and O–H groups in total. The minimum Gasteiger partial charge on any atom is -0.490 e. The maximum absolute atomic E-state index is 12.6. The number of hydrogen-bond donors (Lipinski definition) is 1. The predicted molar refractivity (Wildman–Crippen MR) is 120 cm³/mol. The third kappa shape index (κ3) is 4.97. The summed E-state index contributed by atoms with van der Waals surface area (Å²) in [6.45, 7) is 2.02. The lowest BCUT2D eigenvalue weighted by molar-refractivity contribution is 0.0202. The number of amidine groups is 1. The summed E-state index contributed by atoms with van der Waals surface area (Å²) in [5.41, 5.74) is 1.93. The molecule has 1 heterocycles. The first-order chi connectivity index (χ1) is 15.4. The second kappa shape index (κ2) is 9.23. The van der Waals surface area contributed by atoms with Crippen LogP contribution in [0.2, 0.25) is 0 Å². The standard InChI is InChI=1S/C24H22N2O5S/c1-17-11-13-18(14-12-17)24(27)31-20(16-30-19-7-3-2-4-8-19)15-25-23-21-9-5-6-10-22(21)32(28,29)26-23/h2-14,20H,15-16H2,1H3,(H,25,26). The normalized spacial score (nSPS) is 16.1. The number of rotatable bonds is 7. The van der Waals surface area contributed by atoms with E-state index in [1.165, 1.54) is 6.07 Å². The smallest absolute Gasteiger partial charge is 0.338 e. The molecule has 1 aliphatic rings. The Bertz CT molecular complexity index is 1240. The Morgan fingerprint density at radius 3 is 2.41 bits per heavy atom. The molecule has 0 radical (unpaired) electrons. The molecule has 0 aliphatic carbocycles. The number of benzene rings is 3. The van der Waals surface area contributed by atoms with Crippen LogP contribution >= 0.6 is 0 Å². The Kier molecular flexibility index (Phi) is 6.23. The Balaban J connectivity index is 1.53. The van der Waals surface area contributed by atoms with Crippen molar-refractivity contribution in [1.29, 1.82) is 0 Å². The third-order valence-corrected chi connectivity index (χ3v) is 6.25. The number of hydrogen-bond acceptors (Lipinski definition) is 6. The second-order valence-electron chi connectivity index (χ2n) is 7.31. The average molecular weight is 451 g/mol. The molecule has 164 valence electrons. The molecule has 7 nitrogen and oxygen atoms in total. The van der Waals surface area contributed by atoms with Crippen LogP contribution in [0.4, 0.5) is 0 Å². The molecule has 3 aromatic rings. The molecule has 1 unspecified atom stereocenters. The van der Waals surface area contributed by atoms with E-state index >= 15 is 0 Å². The molecule has 3 aromatic carbocycles. The fourth-order valence-corrected chi connectivity index (χ4v) is 4.43. The Morgan fingerprint density at radius 2 is 1.66 bits per heavy atom. The summed E-state index contributed by atoms with van der Waals surface area (Å²) in [7, 11) is -3.65. The molecule has 0 saturated carbocycles. The summed E-state index contributed by atoms with van der Waals surface area (Å²) in [4.78, 5) is 17.2. The molecule has 0 bridgehead atoms. The van der Waals surface area contributed by atoms with Crippen LogP contribution in [0.3, 0.4) is 0 Å². The highest BCUT2D eigenvalue weighted by molar-refractivity contribution is 7.90. The zero-order valence-corrected chi connectivity index (χ0v) is 18.2. The monoisotopic (exact) mass is 450 g/mol. The lowest BCUT2D eigenvalue weighted by atomic mass is 10.1. The van der Waals surface area contributed by atoms with Crippen molar-refractivity contribution in [2.24, 2.45) is 4.99 Å². The van der Waals surface area contributed by atoms with Crippen molar-refractivity contribution in [3.8, 4) is 5.75 Å². The van der Waals surface area contributed by atoms with E-state index in [1.807, 2.05) is 37.3 Å². The largest absolute Gasteiger partial charge is 0.490 e. The number of ether oxygens (including phenoxy) is 2. The number of fused-ring (bicyclic) bond motifs is 1. The number of nitrogens with zero attached hydrogens (tertiary/aromatic N) is 1. The number of esters is 1. The van der Waals surface area contributed by atoms with E-state index in [9.17, 15) is 13.2 Å². The number of aryl methyl sites for hydroxylation is 1. The minimum absolute atomic E-state index is 0.0244. The molecule has 0 aromatic heterocycles. The number of sulfonamides is 1. The van der Waals surface area contributed by atoms with Gasteiger partial charge < -0.3 is 9.47 Å². The molecule has 4 rings (SSSR count). The van der Waals surface area contributed by atoms with Crippen molar-refractivity contribution < 1.29 is 22.7 Å². The van der Waals surface area contributed by atoms with Crippen LogP contribution in [0.15, 0.2) is 88.8 Å². The van der Waals surface area contributed by atoms with Gasteiger partial charge in [0.15, 0.2) is 6.10 Å². The van der Waals surface area contributed by atoms with Crippen LogP contribution in [0.5, 0.6) is 5.75 Å². The zero-order valence-electron chi connectivity index (χ0n) is 17.4. The summed E-state index contributed by atoms with van der Waals surface area (Å²) in [6.07, 6.45) is -0.728. The van der Waals surface area contributed by atoms with Gasteiger partial charge in [-0.15, -0.1) is 0 Å². The van der Waals surface area contributed by atoms with Gasteiger partial charge in [0.05, 0.1) is 17.0 Å². The van der Waals surface area contributed by atoms with Crippen LogP contribution in [-0.2, 0) is 14.8 Å². The van der Waals surface area contributed by atoms with Crippen molar-refractivity contribution in [2.75, 3.05) is 13.2 Å². The number of carbonyl (C=O) groups excluding carboxylic acids is 1. The first-order valence-electron chi connectivity index (χ1n) is 10.0. The van der Waals surface area contributed by atoms with Crippen molar-refractivity contribution in [1.82, 2.24) is 4.72 Å². The summed E-state index contributed by atoms with van der Waals surface area (Å²) in [6, 6.07) is 22.8. The van der Waals surface area contributed by atoms with Crippen molar-refractivity contribution in [2.45, 2.75) is 17.9 Å². The van der Waals surface area contributed by atoms with Gasteiger partial charge in [-0.2, -0.15) is 0 Å². The van der Waals surface area contributed by atoms with Crippen molar-refractivity contribution in [3.05, 3.63) is 95.6 Å². The molecule has 0 spiro atoms. The number of nitrogens with one attached hydrogen (secondary N) is 1. The summed E-state index contributed by atoms with van der Waals surface area (Å²) >= 11 is 0. The first kappa shape index (κ1) is 21.6. The molecular formula is C24H22N2O5S. The Hall–Kier alpha value is -3.65. The van der Waals surface area contributed by atoms with E-state index in [-0.39, 0.29) is 23.9 Å². The molecule has 0 amide bonds. The minimum atomic E-state index is -3.65. The average Bonchev–Trinajstić information content (AvgIpc) is 3.07. The van der Waals surface area contributed by atoms with Crippen molar-refractivity contribution >= 4 is 21.8 Å². The summed E-state index contributed by atoms with van der Waals surface area (Å²) in [5, 5.41) is 0. The van der Waals surface area contributed by atoms with Gasteiger partial charge in [-0.05, 0) is 43.3 Å². The van der Waals surface area contributed by atoms with E-state index in [0.717, 1.165) is 5.56 Å². The van der Waals surface area contributed by atoms with Crippen LogP contribution in [0, 0.1) is 6.92 Å². The van der Waals surface area contributed by atoms with Crippen LogP contribution in [-0.4, -0.2) is 39.5 Å². The zero-order chi connectivity index (χ0) is 22.6. The predicted octanol–water partition coefficient (Wildman–Crippen LogP) is 3.34. The topological polar surface area (TPSA) is 94.1 Å². The maximum atomic E-state index is 12.6. The number of aliphatic imine (C=N–C) groups is 1. The Morgan fingerprint density at radius 1 is 0.969 bits per heavy atom. The molecule has 1 aliphatic heterocycles. The lowest BCUT2D eigenvalue weighted by Crippen LogP contribution is -2.30. The van der Waals surface area contributed by atoms with Gasteiger partial charge in [0.2, 0.25) is 0 Å². The first-order valence-corrected chi connectivity index (χ1v) is 11.5. The van der Waals surface area contributed by atoms with Gasteiger partial charge in [0, 0.05) is 5.56 Å². The highest BCUT2D eigenvalue weighted by Crippen LogP contribution is 2.22. The fraction of sp³-hybridized carbons (Fsp3) is 0.167. The van der Waals surface area contributed by atoms with E-state index in [2.05, 4.69) is 9.71 Å². The van der Waals surface area contributed by atoms with E-state index in [1.54, 1.807) is 42.5 Å².